The van der Waals surface area contributed by atoms with E-state index in [2.05, 4.69) is 65.4 Å². The van der Waals surface area contributed by atoms with Crippen molar-refractivity contribution >= 4 is 38.5 Å². The second-order valence-electron chi connectivity index (χ2n) is 4.45. The van der Waals surface area contributed by atoms with Crippen molar-refractivity contribution in [3.05, 3.63) is 26.2 Å². The Morgan fingerprint density at radius 3 is 2.43 bits per heavy atom. The molecule has 0 bridgehead atoms. The van der Waals surface area contributed by atoms with Crippen molar-refractivity contribution in [3.8, 4) is 5.75 Å². The van der Waals surface area contributed by atoms with Gasteiger partial charge in [0.15, 0.2) is 0 Å². The molecule has 0 aliphatic heterocycles. The van der Waals surface area contributed by atoms with E-state index < -0.39 is 0 Å². The summed E-state index contributed by atoms with van der Waals surface area (Å²) in [6.45, 7) is 7.22. The molecule has 0 radical (unpaired) electrons. The molecule has 0 N–H and O–H groups in total. The van der Waals surface area contributed by atoms with E-state index in [4.69, 9.17) is 4.74 Å². The van der Waals surface area contributed by atoms with Gasteiger partial charge in [-0.3, -0.25) is 0 Å². The predicted octanol–water partition coefficient (Wildman–Crippen LogP) is 4.48. The highest BCUT2D eigenvalue weighted by molar-refractivity contribution is 14.1. The molecule has 14 heavy (non-hydrogen) atoms. The summed E-state index contributed by atoms with van der Waals surface area (Å²) >= 11 is 5.73. The summed E-state index contributed by atoms with van der Waals surface area (Å²) in [5.41, 5.74) is 0.202. The average Bonchev–Trinajstić information content (AvgIpc) is 1.97. The first-order chi connectivity index (χ1) is 6.37. The van der Waals surface area contributed by atoms with Crippen LogP contribution in [0.25, 0.3) is 0 Å². The Kier molecular flexibility index (Phi) is 4.25. The van der Waals surface area contributed by atoms with Gasteiger partial charge in [-0.1, -0.05) is 36.7 Å². The van der Waals surface area contributed by atoms with Gasteiger partial charge in [-0.2, -0.15) is 0 Å². The van der Waals surface area contributed by atoms with Crippen LogP contribution in [0.2, 0.25) is 0 Å². The second-order valence-corrected chi connectivity index (χ2v) is 6.62. The van der Waals surface area contributed by atoms with E-state index in [1.54, 1.807) is 0 Å². The summed E-state index contributed by atoms with van der Waals surface area (Å²) in [5.74, 6) is 0.929. The maximum absolute atomic E-state index is 5.70. The van der Waals surface area contributed by atoms with Gasteiger partial charge < -0.3 is 4.74 Å². The molecule has 78 valence electrons. The maximum Gasteiger partial charge on any atom is 0.121 e. The Morgan fingerprint density at radius 2 is 1.93 bits per heavy atom. The zero-order chi connectivity index (χ0) is 10.8. The minimum Gasteiger partial charge on any atom is -0.493 e. The largest absolute Gasteiger partial charge is 0.493 e. The van der Waals surface area contributed by atoms with E-state index in [1.807, 2.05) is 12.1 Å². The fourth-order valence-electron chi connectivity index (χ4n) is 0.912. The van der Waals surface area contributed by atoms with Gasteiger partial charge in [0.05, 0.1) is 6.61 Å². The quantitative estimate of drug-likeness (QED) is 0.699. The summed E-state index contributed by atoms with van der Waals surface area (Å²) in [5, 5.41) is 0. The lowest BCUT2D eigenvalue weighted by molar-refractivity contribution is 0.197. The summed E-state index contributed by atoms with van der Waals surface area (Å²) < 4.78 is 7.94. The first-order valence-electron chi connectivity index (χ1n) is 4.46. The molecule has 0 spiro atoms. The van der Waals surface area contributed by atoms with E-state index >= 15 is 0 Å². The number of benzene rings is 1. The van der Waals surface area contributed by atoms with Crippen LogP contribution < -0.4 is 4.74 Å². The molecule has 3 heteroatoms. The first-order valence-corrected chi connectivity index (χ1v) is 6.33. The predicted molar refractivity (Wildman–Crippen MR) is 71.8 cm³/mol. The van der Waals surface area contributed by atoms with Crippen LogP contribution in [0.4, 0.5) is 0 Å². The van der Waals surface area contributed by atoms with Crippen LogP contribution in [0, 0.1) is 8.99 Å². The van der Waals surface area contributed by atoms with Crippen molar-refractivity contribution in [2.24, 2.45) is 5.41 Å². The zero-order valence-electron chi connectivity index (χ0n) is 8.60. The van der Waals surface area contributed by atoms with Crippen molar-refractivity contribution in [2.45, 2.75) is 20.8 Å². The third-order valence-electron chi connectivity index (χ3n) is 1.51. The number of halogens is 2. The molecule has 0 aliphatic carbocycles. The van der Waals surface area contributed by atoms with Gasteiger partial charge in [-0.15, -0.1) is 0 Å². The van der Waals surface area contributed by atoms with Crippen LogP contribution in [0.15, 0.2) is 22.7 Å². The van der Waals surface area contributed by atoms with Crippen molar-refractivity contribution < 1.29 is 4.74 Å². The van der Waals surface area contributed by atoms with Crippen molar-refractivity contribution in [3.63, 3.8) is 0 Å². The van der Waals surface area contributed by atoms with Gasteiger partial charge in [-0.25, -0.2) is 0 Å². The van der Waals surface area contributed by atoms with Crippen molar-refractivity contribution in [2.75, 3.05) is 6.61 Å². The Balaban J connectivity index is 2.68. The van der Waals surface area contributed by atoms with Crippen LogP contribution >= 0.6 is 38.5 Å². The molecule has 1 nitrogen and oxygen atoms in total. The van der Waals surface area contributed by atoms with Gasteiger partial charge in [0.1, 0.15) is 5.75 Å². The van der Waals surface area contributed by atoms with Crippen molar-refractivity contribution in [1.82, 2.24) is 0 Å². The number of rotatable bonds is 2. The number of hydrogen-bond donors (Lipinski definition) is 0. The van der Waals surface area contributed by atoms with Gasteiger partial charge in [-0.05, 0) is 46.2 Å². The van der Waals surface area contributed by atoms with Gasteiger partial charge >= 0.3 is 0 Å². The van der Waals surface area contributed by atoms with E-state index in [9.17, 15) is 0 Å². The molecule has 0 saturated carbocycles. The van der Waals surface area contributed by atoms with Gasteiger partial charge in [0, 0.05) is 8.04 Å². The molecular formula is C11H14BrIO. The Bertz CT molecular complexity index is 297. The average molecular weight is 369 g/mol. The zero-order valence-corrected chi connectivity index (χ0v) is 12.3. The summed E-state index contributed by atoms with van der Waals surface area (Å²) in [6, 6.07) is 6.09. The SMILES string of the molecule is CC(C)(C)COc1cc(Br)cc(I)c1. The lowest BCUT2D eigenvalue weighted by atomic mass is 9.99. The van der Waals surface area contributed by atoms with Crippen LogP contribution in [-0.4, -0.2) is 6.61 Å². The molecule has 1 rings (SSSR count). The van der Waals surface area contributed by atoms with Crippen LogP contribution in [0.1, 0.15) is 20.8 Å². The second kappa shape index (κ2) is 4.84. The third kappa shape index (κ3) is 4.64. The van der Waals surface area contributed by atoms with Crippen LogP contribution in [-0.2, 0) is 0 Å². The molecule has 0 unspecified atom stereocenters. The lowest BCUT2D eigenvalue weighted by Gasteiger charge is -2.19. The highest BCUT2D eigenvalue weighted by atomic mass is 127. The maximum atomic E-state index is 5.70. The van der Waals surface area contributed by atoms with E-state index in [-0.39, 0.29) is 5.41 Å². The number of hydrogen-bond acceptors (Lipinski definition) is 1. The van der Waals surface area contributed by atoms with Gasteiger partial charge in [0.2, 0.25) is 0 Å². The fourth-order valence-corrected chi connectivity index (χ4v) is 2.45. The molecule has 0 aliphatic rings. The Labute approximate surface area is 107 Å². The molecule has 0 fully saturated rings. The summed E-state index contributed by atoms with van der Waals surface area (Å²) in [7, 11) is 0. The molecule has 0 amide bonds. The first kappa shape index (κ1) is 12.3. The van der Waals surface area contributed by atoms with E-state index in [1.165, 1.54) is 3.57 Å². The molecule has 0 heterocycles. The smallest absolute Gasteiger partial charge is 0.121 e. The summed E-state index contributed by atoms with van der Waals surface area (Å²) in [4.78, 5) is 0. The molecular weight excluding hydrogens is 355 g/mol. The summed E-state index contributed by atoms with van der Waals surface area (Å²) in [6.07, 6.45) is 0. The van der Waals surface area contributed by atoms with E-state index in [0.717, 1.165) is 16.8 Å². The fraction of sp³-hybridized carbons (Fsp3) is 0.455. The molecule has 1 aromatic carbocycles. The molecule has 1 aromatic rings. The van der Waals surface area contributed by atoms with Crippen LogP contribution in [0.5, 0.6) is 5.75 Å². The number of ether oxygens (including phenoxy) is 1. The monoisotopic (exact) mass is 368 g/mol. The topological polar surface area (TPSA) is 9.23 Å². The highest BCUT2D eigenvalue weighted by Gasteiger charge is 2.11. The molecule has 0 atom stereocenters. The van der Waals surface area contributed by atoms with Crippen LogP contribution in [0.3, 0.4) is 0 Å². The molecule has 0 saturated heterocycles. The third-order valence-corrected chi connectivity index (χ3v) is 2.59. The minimum atomic E-state index is 0.202. The van der Waals surface area contributed by atoms with Gasteiger partial charge in [0.25, 0.3) is 0 Å². The normalized spacial score (nSPS) is 11.5. The molecule has 0 aromatic heterocycles. The standard InChI is InChI=1S/C11H14BrIO/c1-11(2,3)7-14-10-5-8(12)4-9(13)6-10/h4-6H,7H2,1-3H3. The Hall–Kier alpha value is 0.230. The minimum absolute atomic E-state index is 0.202. The van der Waals surface area contributed by atoms with Crippen molar-refractivity contribution in [1.29, 1.82) is 0 Å². The lowest BCUT2D eigenvalue weighted by Crippen LogP contribution is -2.16. The Morgan fingerprint density at radius 1 is 1.29 bits per heavy atom. The van der Waals surface area contributed by atoms with E-state index in [0.29, 0.717) is 0 Å². The highest BCUT2D eigenvalue weighted by Crippen LogP contribution is 2.24.